The first-order valence-corrected chi connectivity index (χ1v) is 4.51. The van der Waals surface area contributed by atoms with Gasteiger partial charge in [-0.3, -0.25) is 4.79 Å². The Bertz CT molecular complexity index is 528. The van der Waals surface area contributed by atoms with Gasteiger partial charge in [-0.15, -0.1) is 0 Å². The molecule has 1 aromatic carbocycles. The first kappa shape index (κ1) is 9.58. The maximum absolute atomic E-state index is 10.7. The molecule has 2 rings (SSSR count). The Balaban J connectivity index is 2.72. The van der Waals surface area contributed by atoms with E-state index >= 15 is 0 Å². The zero-order valence-corrected chi connectivity index (χ0v) is 8.19. The third-order valence-electron chi connectivity index (χ3n) is 2.43. The highest BCUT2D eigenvalue weighted by Gasteiger charge is 2.13. The quantitative estimate of drug-likeness (QED) is 0.779. The van der Waals surface area contributed by atoms with Crippen molar-refractivity contribution in [2.75, 3.05) is 0 Å². The third kappa shape index (κ3) is 1.44. The van der Waals surface area contributed by atoms with Crippen molar-refractivity contribution in [3.8, 4) is 5.75 Å². The van der Waals surface area contributed by atoms with E-state index < -0.39 is 5.97 Å². The van der Waals surface area contributed by atoms with Crippen LogP contribution in [-0.4, -0.2) is 20.7 Å². The van der Waals surface area contributed by atoms with Crippen LogP contribution in [0.25, 0.3) is 10.9 Å². The highest BCUT2D eigenvalue weighted by atomic mass is 16.4. The average Bonchev–Trinajstić information content (AvgIpc) is 2.44. The number of hydrogen-bond acceptors (Lipinski definition) is 2. The summed E-state index contributed by atoms with van der Waals surface area (Å²) < 4.78 is 1.57. The minimum atomic E-state index is -0.928. The molecule has 1 aromatic heterocycles. The molecular formula is C11H10NO3. The number of fused-ring (bicyclic) bond motifs is 1. The monoisotopic (exact) mass is 204 g/mol. The van der Waals surface area contributed by atoms with E-state index in [1.54, 1.807) is 29.7 Å². The van der Waals surface area contributed by atoms with Crippen LogP contribution in [0.1, 0.15) is 5.69 Å². The minimum Gasteiger partial charge on any atom is -0.505 e. The van der Waals surface area contributed by atoms with Crippen LogP contribution >= 0.6 is 0 Å². The number of benzene rings is 1. The summed E-state index contributed by atoms with van der Waals surface area (Å²) in [5.41, 5.74) is 1.28. The first-order chi connectivity index (χ1) is 7.11. The van der Waals surface area contributed by atoms with Crippen molar-refractivity contribution in [3.63, 3.8) is 0 Å². The maximum atomic E-state index is 10.7. The Morgan fingerprint density at radius 3 is 3.00 bits per heavy atom. The second-order valence-electron chi connectivity index (χ2n) is 3.36. The Morgan fingerprint density at radius 2 is 2.33 bits per heavy atom. The predicted octanol–water partition coefficient (Wildman–Crippen LogP) is 1.54. The van der Waals surface area contributed by atoms with Crippen molar-refractivity contribution in [3.05, 3.63) is 30.0 Å². The van der Waals surface area contributed by atoms with Crippen LogP contribution < -0.4 is 0 Å². The highest BCUT2D eigenvalue weighted by molar-refractivity contribution is 5.89. The summed E-state index contributed by atoms with van der Waals surface area (Å²) in [4.78, 5) is 10.7. The summed E-state index contributed by atoms with van der Waals surface area (Å²) in [6.45, 7) is 1.55. The van der Waals surface area contributed by atoms with Gasteiger partial charge in [-0.1, -0.05) is 6.07 Å². The van der Waals surface area contributed by atoms with E-state index in [2.05, 4.69) is 6.07 Å². The minimum absolute atomic E-state index is 0.128. The summed E-state index contributed by atoms with van der Waals surface area (Å²) in [7, 11) is 0. The topological polar surface area (TPSA) is 62.5 Å². The fourth-order valence-corrected chi connectivity index (χ4v) is 1.69. The van der Waals surface area contributed by atoms with Crippen molar-refractivity contribution < 1.29 is 15.0 Å². The fourth-order valence-electron chi connectivity index (χ4n) is 1.69. The summed E-state index contributed by atoms with van der Waals surface area (Å²) in [5, 5.41) is 19.1. The number of carboxylic acids is 1. The summed E-state index contributed by atoms with van der Waals surface area (Å²) >= 11 is 0. The zero-order chi connectivity index (χ0) is 11.0. The second-order valence-corrected chi connectivity index (χ2v) is 3.36. The summed E-state index contributed by atoms with van der Waals surface area (Å²) in [6, 6.07) is 7.93. The summed E-state index contributed by atoms with van der Waals surface area (Å²) in [5.74, 6) is -0.800. The SMILES string of the molecule is Cc1c(O)c2c[c]ccc2n1CC(=O)O. The maximum Gasteiger partial charge on any atom is 0.323 e. The molecule has 0 fully saturated rings. The van der Waals surface area contributed by atoms with Crippen molar-refractivity contribution in [2.45, 2.75) is 13.5 Å². The van der Waals surface area contributed by atoms with Crippen LogP contribution in [-0.2, 0) is 11.3 Å². The van der Waals surface area contributed by atoms with E-state index in [0.717, 1.165) is 0 Å². The molecule has 0 bridgehead atoms. The Kier molecular flexibility index (Phi) is 2.11. The molecule has 0 amide bonds. The molecule has 2 N–H and O–H groups in total. The third-order valence-corrected chi connectivity index (χ3v) is 2.43. The van der Waals surface area contributed by atoms with Crippen LogP contribution in [0.4, 0.5) is 0 Å². The van der Waals surface area contributed by atoms with Gasteiger partial charge in [0.2, 0.25) is 0 Å². The molecule has 15 heavy (non-hydrogen) atoms. The second kappa shape index (κ2) is 3.31. The predicted molar refractivity (Wildman–Crippen MR) is 54.8 cm³/mol. The number of carboxylic acid groups (broad SMARTS) is 1. The van der Waals surface area contributed by atoms with Crippen molar-refractivity contribution >= 4 is 16.9 Å². The molecule has 0 unspecified atom stereocenters. The van der Waals surface area contributed by atoms with Gasteiger partial charge in [0.1, 0.15) is 12.3 Å². The van der Waals surface area contributed by atoms with Gasteiger partial charge in [0.05, 0.1) is 11.2 Å². The lowest BCUT2D eigenvalue weighted by atomic mass is 10.2. The standard InChI is InChI=1S/C11H10NO3/c1-7-11(15)8-4-2-3-5-9(8)12(7)6-10(13)14/h3-5,15H,6H2,1H3,(H,13,14). The van der Waals surface area contributed by atoms with E-state index in [1.807, 2.05) is 0 Å². The van der Waals surface area contributed by atoms with Gasteiger partial charge < -0.3 is 14.8 Å². The van der Waals surface area contributed by atoms with E-state index in [9.17, 15) is 9.90 Å². The first-order valence-electron chi connectivity index (χ1n) is 4.51. The Labute approximate surface area is 86.4 Å². The number of nitrogens with zero attached hydrogens (tertiary/aromatic N) is 1. The van der Waals surface area contributed by atoms with E-state index in [-0.39, 0.29) is 12.3 Å². The Morgan fingerprint density at radius 1 is 1.60 bits per heavy atom. The molecule has 0 aliphatic carbocycles. The summed E-state index contributed by atoms with van der Waals surface area (Å²) in [6.07, 6.45) is 0. The van der Waals surface area contributed by atoms with Gasteiger partial charge in [-0.25, -0.2) is 0 Å². The molecule has 0 atom stereocenters. The van der Waals surface area contributed by atoms with Gasteiger partial charge in [0.25, 0.3) is 0 Å². The highest BCUT2D eigenvalue weighted by Crippen LogP contribution is 2.30. The van der Waals surface area contributed by atoms with Crippen molar-refractivity contribution in [1.29, 1.82) is 0 Å². The number of aromatic nitrogens is 1. The number of rotatable bonds is 2. The molecule has 4 heteroatoms. The van der Waals surface area contributed by atoms with Crippen molar-refractivity contribution in [2.24, 2.45) is 0 Å². The van der Waals surface area contributed by atoms with Crippen LogP contribution in [0.2, 0.25) is 0 Å². The number of carbonyl (C=O) groups is 1. The van der Waals surface area contributed by atoms with Gasteiger partial charge in [-0.05, 0) is 25.1 Å². The normalized spacial score (nSPS) is 10.7. The van der Waals surface area contributed by atoms with E-state index in [1.165, 1.54) is 0 Å². The lowest BCUT2D eigenvalue weighted by Gasteiger charge is -2.03. The lowest BCUT2D eigenvalue weighted by Crippen LogP contribution is -2.09. The van der Waals surface area contributed by atoms with Crippen LogP contribution in [0, 0.1) is 13.0 Å². The largest absolute Gasteiger partial charge is 0.505 e. The molecule has 1 heterocycles. The van der Waals surface area contributed by atoms with Crippen LogP contribution in [0.5, 0.6) is 5.75 Å². The zero-order valence-electron chi connectivity index (χ0n) is 8.19. The van der Waals surface area contributed by atoms with Crippen molar-refractivity contribution in [1.82, 2.24) is 4.57 Å². The molecule has 0 saturated heterocycles. The van der Waals surface area contributed by atoms with E-state index in [0.29, 0.717) is 16.6 Å². The van der Waals surface area contributed by atoms with Gasteiger partial charge in [-0.2, -0.15) is 0 Å². The number of hydrogen-bond donors (Lipinski definition) is 2. The lowest BCUT2D eigenvalue weighted by molar-refractivity contribution is -0.137. The van der Waals surface area contributed by atoms with Crippen LogP contribution in [0.15, 0.2) is 18.2 Å². The molecule has 0 saturated carbocycles. The molecule has 0 aliphatic rings. The molecule has 0 aliphatic heterocycles. The molecule has 0 spiro atoms. The molecule has 77 valence electrons. The van der Waals surface area contributed by atoms with Gasteiger partial charge >= 0.3 is 5.97 Å². The molecule has 2 aromatic rings. The van der Waals surface area contributed by atoms with Crippen LogP contribution in [0.3, 0.4) is 0 Å². The molecule has 4 nitrogen and oxygen atoms in total. The average molecular weight is 204 g/mol. The molecule has 1 radical (unpaired) electrons. The Hall–Kier alpha value is -1.97. The van der Waals surface area contributed by atoms with E-state index in [4.69, 9.17) is 5.11 Å². The van der Waals surface area contributed by atoms with Gasteiger partial charge in [0.15, 0.2) is 0 Å². The number of aliphatic carboxylic acids is 1. The van der Waals surface area contributed by atoms with Gasteiger partial charge in [0, 0.05) is 5.39 Å². The fraction of sp³-hybridized carbons (Fsp3) is 0.182. The molecular weight excluding hydrogens is 194 g/mol. The smallest absolute Gasteiger partial charge is 0.323 e. The number of aromatic hydroxyl groups is 1.